The van der Waals surface area contributed by atoms with Gasteiger partial charge in [0.2, 0.25) is 0 Å². The molecule has 0 amide bonds. The van der Waals surface area contributed by atoms with Crippen molar-refractivity contribution in [3.05, 3.63) is 18.0 Å². The Morgan fingerprint density at radius 1 is 1.77 bits per heavy atom. The van der Waals surface area contributed by atoms with Gasteiger partial charge in [-0.15, -0.1) is 0 Å². The fourth-order valence-corrected chi connectivity index (χ4v) is 1.01. The number of alkyl halides is 3. The van der Waals surface area contributed by atoms with Gasteiger partial charge in [0, 0.05) is 18.3 Å². The summed E-state index contributed by atoms with van der Waals surface area (Å²) in [5, 5.41) is 9.11. The van der Waals surface area contributed by atoms with E-state index in [0.717, 1.165) is 0 Å². The second kappa shape index (κ2) is 3.59. The highest BCUT2D eigenvalue weighted by molar-refractivity contribution is 6.22. The molecule has 3 nitrogen and oxygen atoms in total. The summed E-state index contributed by atoms with van der Waals surface area (Å²) in [6, 6.07) is 0. The molecule has 74 valence electrons. The maximum atomic E-state index is 12.4. The number of halogens is 3. The van der Waals surface area contributed by atoms with Gasteiger partial charge in [-0.2, -0.15) is 13.9 Å². The fraction of sp³-hybridized carbons (Fsp3) is 0.571. The van der Waals surface area contributed by atoms with Crippen molar-refractivity contribution in [3.63, 3.8) is 0 Å². The molecule has 1 aromatic rings. The van der Waals surface area contributed by atoms with Gasteiger partial charge in [0.15, 0.2) is 6.10 Å². The molecule has 0 fully saturated rings. The third-order valence-corrected chi connectivity index (χ3v) is 1.81. The summed E-state index contributed by atoms with van der Waals surface area (Å²) in [7, 11) is 0. The SMILES string of the molecule is CCn1cc(C(O)C(F)(F)Cl)cn1. The number of hydrogen-bond donors (Lipinski definition) is 1. The average molecular weight is 211 g/mol. The third-order valence-electron chi connectivity index (χ3n) is 1.60. The lowest BCUT2D eigenvalue weighted by atomic mass is 10.2. The maximum absolute atomic E-state index is 12.4. The Balaban J connectivity index is 2.83. The Bertz CT molecular complexity index is 284. The van der Waals surface area contributed by atoms with Crippen LogP contribution in [-0.4, -0.2) is 20.3 Å². The lowest BCUT2D eigenvalue weighted by molar-refractivity contribution is -0.0425. The Morgan fingerprint density at radius 2 is 2.38 bits per heavy atom. The molecule has 0 aromatic carbocycles. The summed E-state index contributed by atoms with van der Waals surface area (Å²) in [5.74, 6) is 0. The Kier molecular flexibility index (Phi) is 2.87. The molecule has 0 aliphatic carbocycles. The number of nitrogens with zero attached hydrogens (tertiary/aromatic N) is 2. The van der Waals surface area contributed by atoms with Gasteiger partial charge >= 0.3 is 5.38 Å². The molecule has 1 atom stereocenters. The van der Waals surface area contributed by atoms with Gasteiger partial charge in [0.25, 0.3) is 0 Å². The molecule has 1 unspecified atom stereocenters. The third kappa shape index (κ3) is 2.38. The summed E-state index contributed by atoms with van der Waals surface area (Å²) < 4.78 is 26.2. The van der Waals surface area contributed by atoms with E-state index in [9.17, 15) is 8.78 Å². The molecule has 1 aromatic heterocycles. The first-order valence-corrected chi connectivity index (χ1v) is 4.10. The van der Waals surface area contributed by atoms with Crippen LogP contribution in [0.5, 0.6) is 0 Å². The zero-order chi connectivity index (χ0) is 10.1. The molecule has 0 radical (unpaired) electrons. The van der Waals surface area contributed by atoms with Gasteiger partial charge < -0.3 is 5.11 Å². The van der Waals surface area contributed by atoms with E-state index in [1.54, 1.807) is 0 Å². The van der Waals surface area contributed by atoms with Crippen LogP contribution in [0.1, 0.15) is 18.6 Å². The molecule has 0 bridgehead atoms. The van der Waals surface area contributed by atoms with Gasteiger partial charge in [0.1, 0.15) is 0 Å². The van der Waals surface area contributed by atoms with E-state index >= 15 is 0 Å². The van der Waals surface area contributed by atoms with E-state index in [1.165, 1.54) is 17.1 Å². The van der Waals surface area contributed by atoms with E-state index in [4.69, 9.17) is 5.11 Å². The number of aliphatic hydroxyl groups is 1. The normalized spacial score (nSPS) is 14.5. The van der Waals surface area contributed by atoms with Crippen molar-refractivity contribution >= 4 is 11.6 Å². The number of aliphatic hydroxyl groups excluding tert-OH is 1. The first-order chi connectivity index (χ1) is 5.95. The second-order valence-corrected chi connectivity index (χ2v) is 3.08. The van der Waals surface area contributed by atoms with E-state index < -0.39 is 11.5 Å². The van der Waals surface area contributed by atoms with Crippen LogP contribution in [0.3, 0.4) is 0 Å². The van der Waals surface area contributed by atoms with E-state index in [0.29, 0.717) is 6.54 Å². The van der Waals surface area contributed by atoms with Crippen LogP contribution >= 0.6 is 11.6 Å². The van der Waals surface area contributed by atoms with Crippen LogP contribution in [0.4, 0.5) is 8.78 Å². The first-order valence-electron chi connectivity index (χ1n) is 3.72. The minimum atomic E-state index is -3.65. The van der Waals surface area contributed by atoms with Crippen LogP contribution in [-0.2, 0) is 6.54 Å². The predicted octanol–water partition coefficient (Wildman–Crippen LogP) is 1.77. The van der Waals surface area contributed by atoms with Crippen molar-refractivity contribution < 1.29 is 13.9 Å². The number of aromatic nitrogens is 2. The largest absolute Gasteiger partial charge is 0.381 e. The van der Waals surface area contributed by atoms with E-state index in [1.807, 2.05) is 6.92 Å². The quantitative estimate of drug-likeness (QED) is 0.773. The van der Waals surface area contributed by atoms with Gasteiger partial charge in [-0.25, -0.2) is 0 Å². The molecule has 0 saturated carbocycles. The number of hydrogen-bond acceptors (Lipinski definition) is 2. The Hall–Kier alpha value is -0.680. The smallest absolute Gasteiger partial charge is 0.351 e. The molecule has 6 heteroatoms. The van der Waals surface area contributed by atoms with Crippen molar-refractivity contribution in [2.45, 2.75) is 25.0 Å². The molecular weight excluding hydrogens is 202 g/mol. The van der Waals surface area contributed by atoms with Gasteiger partial charge in [-0.05, 0) is 18.5 Å². The Labute approximate surface area is 78.9 Å². The van der Waals surface area contributed by atoms with Crippen LogP contribution in [0.2, 0.25) is 0 Å². The molecule has 13 heavy (non-hydrogen) atoms. The predicted molar refractivity (Wildman–Crippen MR) is 43.7 cm³/mol. The number of rotatable bonds is 3. The molecule has 0 aliphatic rings. The highest BCUT2D eigenvalue weighted by Gasteiger charge is 2.37. The maximum Gasteiger partial charge on any atom is 0.351 e. The summed E-state index contributed by atoms with van der Waals surface area (Å²) in [5.41, 5.74) is 0.0156. The van der Waals surface area contributed by atoms with Crippen molar-refractivity contribution in [2.75, 3.05) is 0 Å². The molecule has 0 spiro atoms. The van der Waals surface area contributed by atoms with Crippen LogP contribution < -0.4 is 0 Å². The molecule has 0 aliphatic heterocycles. The summed E-state index contributed by atoms with van der Waals surface area (Å²) in [6.45, 7) is 2.36. The molecule has 1 rings (SSSR count). The van der Waals surface area contributed by atoms with Gasteiger partial charge in [0.05, 0.1) is 6.20 Å². The summed E-state index contributed by atoms with van der Waals surface area (Å²) in [4.78, 5) is 0. The highest BCUT2D eigenvalue weighted by Crippen LogP contribution is 2.34. The van der Waals surface area contributed by atoms with Crippen molar-refractivity contribution in [1.29, 1.82) is 0 Å². The number of aryl methyl sites for hydroxylation is 1. The lowest BCUT2D eigenvalue weighted by Gasteiger charge is -2.13. The molecular formula is C7H9ClF2N2O. The average Bonchev–Trinajstić information content (AvgIpc) is 2.48. The van der Waals surface area contributed by atoms with Crippen LogP contribution in [0, 0.1) is 0 Å². The van der Waals surface area contributed by atoms with Gasteiger partial charge in [-0.3, -0.25) is 4.68 Å². The van der Waals surface area contributed by atoms with Crippen LogP contribution in [0.25, 0.3) is 0 Å². The monoisotopic (exact) mass is 210 g/mol. The zero-order valence-corrected chi connectivity index (χ0v) is 7.67. The highest BCUT2D eigenvalue weighted by atomic mass is 35.5. The molecule has 1 N–H and O–H groups in total. The van der Waals surface area contributed by atoms with Gasteiger partial charge in [-0.1, -0.05) is 0 Å². The first kappa shape index (κ1) is 10.4. The minimum Gasteiger partial charge on any atom is -0.381 e. The minimum absolute atomic E-state index is 0.0156. The lowest BCUT2D eigenvalue weighted by Crippen LogP contribution is -2.18. The van der Waals surface area contributed by atoms with E-state index in [2.05, 4.69) is 16.7 Å². The van der Waals surface area contributed by atoms with Crippen LogP contribution in [0.15, 0.2) is 12.4 Å². The second-order valence-electron chi connectivity index (χ2n) is 2.57. The van der Waals surface area contributed by atoms with Crippen molar-refractivity contribution in [2.24, 2.45) is 0 Å². The summed E-state index contributed by atoms with van der Waals surface area (Å²) in [6.07, 6.45) is 0.500. The molecule has 1 heterocycles. The molecule has 0 saturated heterocycles. The van der Waals surface area contributed by atoms with Crippen molar-refractivity contribution in [1.82, 2.24) is 9.78 Å². The standard InChI is InChI=1S/C7H9ClF2N2O/c1-2-12-4-5(3-11-12)6(13)7(8,9)10/h3-4,6,13H,2H2,1H3. The van der Waals surface area contributed by atoms with Crippen molar-refractivity contribution in [3.8, 4) is 0 Å². The summed E-state index contributed by atoms with van der Waals surface area (Å²) >= 11 is 4.65. The van der Waals surface area contributed by atoms with E-state index in [-0.39, 0.29) is 5.56 Å². The zero-order valence-electron chi connectivity index (χ0n) is 6.91. The Morgan fingerprint density at radius 3 is 2.77 bits per heavy atom. The fourth-order valence-electron chi connectivity index (χ4n) is 0.883. The topological polar surface area (TPSA) is 38.0 Å².